The van der Waals surface area contributed by atoms with Crippen molar-refractivity contribution in [3.63, 3.8) is 0 Å². The van der Waals surface area contributed by atoms with E-state index in [1.165, 1.54) is 0 Å². The number of anilines is 1. The summed E-state index contributed by atoms with van der Waals surface area (Å²) in [5.74, 6) is 1.20. The number of nitrogens with zero attached hydrogens (tertiary/aromatic N) is 3. The zero-order chi connectivity index (χ0) is 14.3. The first-order valence-electron chi connectivity index (χ1n) is 6.83. The Balaban J connectivity index is 1.85. The van der Waals surface area contributed by atoms with Crippen LogP contribution in [0, 0.1) is 12.8 Å². The lowest BCUT2D eigenvalue weighted by atomic mass is 9.88. The van der Waals surface area contributed by atoms with Crippen molar-refractivity contribution in [3.8, 4) is 0 Å². The fraction of sp³-hybridized carbons (Fsp3) is 0.500. The van der Waals surface area contributed by atoms with E-state index in [1.54, 1.807) is 10.9 Å². The van der Waals surface area contributed by atoms with Gasteiger partial charge in [-0.2, -0.15) is 5.10 Å². The summed E-state index contributed by atoms with van der Waals surface area (Å²) in [6.07, 6.45) is 4.45. The molecule has 0 bridgehead atoms. The number of carbonyl (C=O) groups is 1. The molecule has 2 aromatic rings. The van der Waals surface area contributed by atoms with Crippen LogP contribution in [0.1, 0.15) is 40.9 Å². The van der Waals surface area contributed by atoms with Gasteiger partial charge < -0.3 is 9.84 Å². The van der Waals surface area contributed by atoms with Gasteiger partial charge in [-0.15, -0.1) is 0 Å². The lowest BCUT2D eigenvalue weighted by molar-refractivity contribution is 0.101. The van der Waals surface area contributed by atoms with Crippen LogP contribution in [0.25, 0.3) is 0 Å². The molecular formula is C14H18N4O2. The molecule has 0 saturated carbocycles. The van der Waals surface area contributed by atoms with E-state index in [1.807, 2.05) is 14.0 Å². The zero-order valence-corrected chi connectivity index (χ0v) is 11.9. The first kappa shape index (κ1) is 12.9. The average molecular weight is 274 g/mol. The van der Waals surface area contributed by atoms with Crippen LogP contribution in [-0.2, 0) is 19.9 Å². The minimum atomic E-state index is -0.222. The zero-order valence-electron chi connectivity index (χ0n) is 11.9. The molecule has 0 aromatic carbocycles. The number of nitrogens with one attached hydrogen (secondary N) is 1. The summed E-state index contributed by atoms with van der Waals surface area (Å²) in [6, 6.07) is 0. The number of carbonyl (C=O) groups excluding carboxylic acids is 1. The number of rotatable bonds is 2. The highest BCUT2D eigenvalue weighted by molar-refractivity contribution is 6.04. The molecule has 3 rings (SSSR count). The summed E-state index contributed by atoms with van der Waals surface area (Å²) < 4.78 is 7.02. The highest BCUT2D eigenvalue weighted by atomic mass is 16.5. The third-order valence-electron chi connectivity index (χ3n) is 3.98. The summed E-state index contributed by atoms with van der Waals surface area (Å²) in [4.78, 5) is 12.3. The first-order chi connectivity index (χ1) is 9.56. The number of hydrogen-bond acceptors (Lipinski definition) is 4. The van der Waals surface area contributed by atoms with Crippen molar-refractivity contribution in [2.24, 2.45) is 13.0 Å². The molecule has 1 N–H and O–H groups in total. The van der Waals surface area contributed by atoms with Crippen LogP contribution in [0.5, 0.6) is 0 Å². The SMILES string of the molecule is Cc1c(NC(=O)c2noc3c2CC(C)CC3)cnn1C. The second-order valence-corrected chi connectivity index (χ2v) is 5.50. The van der Waals surface area contributed by atoms with E-state index >= 15 is 0 Å². The van der Waals surface area contributed by atoms with Crippen LogP contribution in [0.4, 0.5) is 5.69 Å². The van der Waals surface area contributed by atoms with Gasteiger partial charge in [0.1, 0.15) is 5.76 Å². The molecule has 1 amide bonds. The maximum atomic E-state index is 12.3. The predicted molar refractivity (Wildman–Crippen MR) is 73.6 cm³/mol. The maximum Gasteiger partial charge on any atom is 0.278 e. The van der Waals surface area contributed by atoms with Gasteiger partial charge in [0.2, 0.25) is 0 Å². The van der Waals surface area contributed by atoms with Gasteiger partial charge in [-0.1, -0.05) is 12.1 Å². The van der Waals surface area contributed by atoms with Crippen LogP contribution >= 0.6 is 0 Å². The molecule has 1 aliphatic carbocycles. The van der Waals surface area contributed by atoms with Crippen molar-refractivity contribution >= 4 is 11.6 Å². The topological polar surface area (TPSA) is 73.0 Å². The number of fused-ring (bicyclic) bond motifs is 1. The maximum absolute atomic E-state index is 12.3. The van der Waals surface area contributed by atoms with Crippen molar-refractivity contribution < 1.29 is 9.32 Å². The van der Waals surface area contributed by atoms with Crippen molar-refractivity contribution in [2.45, 2.75) is 33.1 Å². The molecule has 0 radical (unpaired) electrons. The summed E-state index contributed by atoms with van der Waals surface area (Å²) in [6.45, 7) is 4.09. The molecule has 6 heteroatoms. The molecule has 0 fully saturated rings. The van der Waals surface area contributed by atoms with Crippen LogP contribution in [0.2, 0.25) is 0 Å². The normalized spacial score (nSPS) is 17.9. The lowest BCUT2D eigenvalue weighted by Crippen LogP contribution is -2.18. The van der Waals surface area contributed by atoms with E-state index in [2.05, 4.69) is 22.5 Å². The number of hydrogen-bond donors (Lipinski definition) is 1. The number of aromatic nitrogens is 3. The summed E-state index contributed by atoms with van der Waals surface area (Å²) in [5, 5.41) is 10.9. The molecule has 1 aliphatic rings. The lowest BCUT2D eigenvalue weighted by Gasteiger charge is -2.16. The summed E-state index contributed by atoms with van der Waals surface area (Å²) in [7, 11) is 1.84. The van der Waals surface area contributed by atoms with Crippen LogP contribution in [0.3, 0.4) is 0 Å². The summed E-state index contributed by atoms with van der Waals surface area (Å²) in [5.41, 5.74) is 2.99. The second-order valence-electron chi connectivity index (χ2n) is 5.50. The standard InChI is InChI=1S/C14H18N4O2/c1-8-4-5-12-10(6-8)13(17-20-12)14(19)16-11-7-15-18(3)9(11)2/h7-8H,4-6H2,1-3H3,(H,16,19). The van der Waals surface area contributed by atoms with E-state index < -0.39 is 0 Å². The minimum absolute atomic E-state index is 0.222. The Labute approximate surface area is 117 Å². The van der Waals surface area contributed by atoms with Crippen molar-refractivity contribution in [1.29, 1.82) is 0 Å². The molecule has 0 spiro atoms. The van der Waals surface area contributed by atoms with E-state index in [9.17, 15) is 4.79 Å². The number of amides is 1. The molecule has 106 valence electrons. The molecule has 6 nitrogen and oxygen atoms in total. The largest absolute Gasteiger partial charge is 0.360 e. The van der Waals surface area contributed by atoms with Gasteiger partial charge >= 0.3 is 0 Å². The van der Waals surface area contributed by atoms with Crippen molar-refractivity contribution in [3.05, 3.63) is 28.9 Å². The Bertz CT molecular complexity index is 656. The molecule has 2 heterocycles. The highest BCUT2D eigenvalue weighted by Crippen LogP contribution is 2.28. The van der Waals surface area contributed by atoms with E-state index in [4.69, 9.17) is 4.52 Å². The van der Waals surface area contributed by atoms with E-state index in [0.717, 1.165) is 36.3 Å². The minimum Gasteiger partial charge on any atom is -0.360 e. The molecule has 0 aliphatic heterocycles. The Hall–Kier alpha value is -2.11. The van der Waals surface area contributed by atoms with Gasteiger partial charge in [-0.25, -0.2) is 0 Å². The molecular weight excluding hydrogens is 256 g/mol. The quantitative estimate of drug-likeness (QED) is 0.910. The van der Waals surface area contributed by atoms with Gasteiger partial charge in [0.15, 0.2) is 5.69 Å². The Morgan fingerprint density at radius 3 is 3.05 bits per heavy atom. The van der Waals surface area contributed by atoms with E-state index in [-0.39, 0.29) is 5.91 Å². The second kappa shape index (κ2) is 4.77. The molecule has 0 saturated heterocycles. The first-order valence-corrected chi connectivity index (χ1v) is 6.83. The van der Waals surface area contributed by atoms with Gasteiger partial charge in [0, 0.05) is 19.0 Å². The fourth-order valence-corrected chi connectivity index (χ4v) is 2.56. The van der Waals surface area contributed by atoms with Crippen molar-refractivity contribution in [2.75, 3.05) is 5.32 Å². The summed E-state index contributed by atoms with van der Waals surface area (Å²) >= 11 is 0. The van der Waals surface area contributed by atoms with Crippen LogP contribution in [0.15, 0.2) is 10.7 Å². The van der Waals surface area contributed by atoms with Crippen molar-refractivity contribution in [1.82, 2.24) is 14.9 Å². The van der Waals surface area contributed by atoms with Gasteiger partial charge in [-0.3, -0.25) is 9.48 Å². The Morgan fingerprint density at radius 2 is 2.35 bits per heavy atom. The van der Waals surface area contributed by atoms with Gasteiger partial charge in [-0.05, 0) is 25.7 Å². The highest BCUT2D eigenvalue weighted by Gasteiger charge is 2.27. The monoisotopic (exact) mass is 274 g/mol. The van der Waals surface area contributed by atoms with Gasteiger partial charge in [0.05, 0.1) is 17.6 Å². The average Bonchev–Trinajstić information content (AvgIpc) is 2.96. The third kappa shape index (κ3) is 2.11. The Morgan fingerprint density at radius 1 is 1.55 bits per heavy atom. The predicted octanol–water partition coefficient (Wildman–Crippen LogP) is 2.09. The third-order valence-corrected chi connectivity index (χ3v) is 3.98. The van der Waals surface area contributed by atoms with E-state index in [0.29, 0.717) is 17.3 Å². The molecule has 1 atom stereocenters. The number of aryl methyl sites for hydroxylation is 2. The molecule has 20 heavy (non-hydrogen) atoms. The van der Waals surface area contributed by atoms with Gasteiger partial charge in [0.25, 0.3) is 5.91 Å². The molecule has 2 aromatic heterocycles. The van der Waals surface area contributed by atoms with Crippen LogP contribution in [-0.4, -0.2) is 20.8 Å². The fourth-order valence-electron chi connectivity index (χ4n) is 2.56. The smallest absolute Gasteiger partial charge is 0.278 e. The van der Waals surface area contributed by atoms with Crippen LogP contribution < -0.4 is 5.32 Å². The Kier molecular flexibility index (Phi) is 3.08. The molecule has 1 unspecified atom stereocenters.